The molecule has 3 aromatic rings. The average molecular weight is 372 g/mol. The van der Waals surface area contributed by atoms with Crippen LogP contribution in [0.2, 0.25) is 0 Å². The van der Waals surface area contributed by atoms with Gasteiger partial charge in [-0.05, 0) is 29.8 Å². The highest BCUT2D eigenvalue weighted by molar-refractivity contribution is 9.10. The van der Waals surface area contributed by atoms with Gasteiger partial charge in [0.1, 0.15) is 18.1 Å². The van der Waals surface area contributed by atoms with Crippen LogP contribution in [0, 0.1) is 0 Å². The van der Waals surface area contributed by atoms with Crippen molar-refractivity contribution in [2.24, 2.45) is 5.73 Å². The van der Waals surface area contributed by atoms with Crippen molar-refractivity contribution in [1.82, 2.24) is 10.2 Å². The second-order valence-corrected chi connectivity index (χ2v) is 5.86. The molecule has 0 fully saturated rings. The number of aromatic nitrogens is 2. The van der Waals surface area contributed by atoms with Crippen LogP contribution < -0.4 is 10.5 Å². The summed E-state index contributed by atoms with van der Waals surface area (Å²) in [6.45, 7) is 0.442. The maximum Gasteiger partial charge on any atom is 0.266 e. The lowest BCUT2D eigenvalue weighted by atomic mass is 10.1. The van der Waals surface area contributed by atoms with Crippen molar-refractivity contribution in [3.05, 3.63) is 70.3 Å². The number of ether oxygens (including phenoxy) is 1. The third-order valence-electron chi connectivity index (χ3n) is 3.30. The zero-order chi connectivity index (χ0) is 16.2. The molecule has 0 radical (unpaired) electrons. The molecule has 0 aliphatic rings. The van der Waals surface area contributed by atoms with Gasteiger partial charge in [0, 0.05) is 10.0 Å². The van der Waals surface area contributed by atoms with Crippen LogP contribution in [0.5, 0.6) is 5.75 Å². The summed E-state index contributed by atoms with van der Waals surface area (Å²) in [7, 11) is 0. The van der Waals surface area contributed by atoms with Gasteiger partial charge in [0.2, 0.25) is 0 Å². The van der Waals surface area contributed by atoms with E-state index in [9.17, 15) is 4.79 Å². The van der Waals surface area contributed by atoms with Crippen LogP contribution in [0.1, 0.15) is 16.1 Å². The molecule has 0 spiro atoms. The van der Waals surface area contributed by atoms with Gasteiger partial charge >= 0.3 is 0 Å². The summed E-state index contributed by atoms with van der Waals surface area (Å²) in [4.78, 5) is 11.2. The Labute approximate surface area is 141 Å². The zero-order valence-corrected chi connectivity index (χ0v) is 13.7. The molecule has 23 heavy (non-hydrogen) atoms. The van der Waals surface area contributed by atoms with Gasteiger partial charge in [0.05, 0.1) is 5.69 Å². The highest BCUT2D eigenvalue weighted by Crippen LogP contribution is 2.32. The molecule has 3 N–H and O–H groups in total. The Bertz CT molecular complexity index is 831. The first-order valence-corrected chi connectivity index (χ1v) is 7.74. The quantitative estimate of drug-likeness (QED) is 0.719. The topological polar surface area (TPSA) is 81.0 Å². The van der Waals surface area contributed by atoms with Crippen molar-refractivity contribution in [1.29, 1.82) is 0 Å². The van der Waals surface area contributed by atoms with Gasteiger partial charge < -0.3 is 10.5 Å². The molecule has 6 heteroatoms. The molecule has 0 bridgehead atoms. The molecule has 3 rings (SSSR count). The van der Waals surface area contributed by atoms with Gasteiger partial charge in [-0.3, -0.25) is 9.89 Å². The van der Waals surface area contributed by atoms with Crippen LogP contribution in [-0.2, 0) is 6.61 Å². The Balaban J connectivity index is 1.89. The summed E-state index contributed by atoms with van der Waals surface area (Å²) in [6.07, 6.45) is 0. The summed E-state index contributed by atoms with van der Waals surface area (Å²) in [5.74, 6) is 0.123. The molecule has 0 aliphatic heterocycles. The molecule has 0 atom stereocenters. The van der Waals surface area contributed by atoms with Gasteiger partial charge in [-0.1, -0.05) is 46.3 Å². The second-order valence-electron chi connectivity index (χ2n) is 4.95. The lowest BCUT2D eigenvalue weighted by molar-refractivity contribution is 0.0995. The molecule has 0 saturated heterocycles. The molecule has 2 aromatic carbocycles. The van der Waals surface area contributed by atoms with E-state index in [1.807, 2.05) is 48.5 Å². The van der Waals surface area contributed by atoms with E-state index in [0.717, 1.165) is 15.6 Å². The van der Waals surface area contributed by atoms with E-state index in [1.165, 1.54) is 0 Å². The number of benzene rings is 2. The third-order valence-corrected chi connectivity index (χ3v) is 3.79. The lowest BCUT2D eigenvalue weighted by Gasteiger charge is -2.11. The van der Waals surface area contributed by atoms with Crippen LogP contribution in [0.15, 0.2) is 59.1 Å². The van der Waals surface area contributed by atoms with Crippen molar-refractivity contribution in [2.45, 2.75) is 6.61 Å². The molecule has 1 amide bonds. The van der Waals surface area contributed by atoms with Crippen LogP contribution in [0.3, 0.4) is 0 Å². The molecule has 0 saturated carbocycles. The number of carbonyl (C=O) groups is 1. The smallest absolute Gasteiger partial charge is 0.266 e. The highest BCUT2D eigenvalue weighted by atomic mass is 79.9. The van der Waals surface area contributed by atoms with Crippen LogP contribution >= 0.6 is 15.9 Å². The van der Waals surface area contributed by atoms with Gasteiger partial charge in [0.25, 0.3) is 5.91 Å². The minimum absolute atomic E-state index is 0.261. The van der Waals surface area contributed by atoms with Crippen molar-refractivity contribution in [3.63, 3.8) is 0 Å². The minimum Gasteiger partial charge on any atom is -0.488 e. The number of halogens is 1. The molecular weight excluding hydrogens is 358 g/mol. The van der Waals surface area contributed by atoms with Crippen LogP contribution in [-0.4, -0.2) is 16.1 Å². The third kappa shape index (κ3) is 3.60. The molecule has 116 valence electrons. The highest BCUT2D eigenvalue weighted by Gasteiger charge is 2.13. The van der Waals surface area contributed by atoms with E-state index in [1.54, 1.807) is 6.07 Å². The summed E-state index contributed by atoms with van der Waals surface area (Å²) >= 11 is 3.44. The van der Waals surface area contributed by atoms with Crippen molar-refractivity contribution in [2.75, 3.05) is 0 Å². The molecule has 5 nitrogen and oxygen atoms in total. The number of H-pyrrole nitrogens is 1. The summed E-state index contributed by atoms with van der Waals surface area (Å²) < 4.78 is 6.83. The fourth-order valence-corrected chi connectivity index (χ4v) is 2.49. The van der Waals surface area contributed by atoms with E-state index < -0.39 is 5.91 Å². The number of hydrogen-bond acceptors (Lipinski definition) is 3. The fraction of sp³-hybridized carbons (Fsp3) is 0.0588. The van der Waals surface area contributed by atoms with Crippen molar-refractivity contribution >= 4 is 21.8 Å². The number of nitrogens with zero attached hydrogens (tertiary/aromatic N) is 1. The Morgan fingerprint density at radius 1 is 1.17 bits per heavy atom. The molecule has 1 heterocycles. The monoisotopic (exact) mass is 371 g/mol. The standard InChI is InChI=1S/C17H14BrN3O2/c18-12-6-7-13(14-9-15(17(19)22)21-20-14)16(8-12)23-10-11-4-2-1-3-5-11/h1-9H,10H2,(H2,19,22)(H,20,21). The average Bonchev–Trinajstić information content (AvgIpc) is 3.04. The first-order valence-electron chi connectivity index (χ1n) is 6.95. The number of primary amides is 1. The Kier molecular flexibility index (Phi) is 4.43. The predicted octanol–water partition coefficient (Wildman–Crippen LogP) is 3.52. The first kappa shape index (κ1) is 15.3. The van der Waals surface area contributed by atoms with E-state index in [0.29, 0.717) is 18.1 Å². The summed E-state index contributed by atoms with van der Waals surface area (Å²) in [5, 5.41) is 6.76. The van der Waals surface area contributed by atoms with Gasteiger partial charge in [-0.15, -0.1) is 0 Å². The van der Waals surface area contributed by atoms with E-state index in [2.05, 4.69) is 26.1 Å². The fourth-order valence-electron chi connectivity index (χ4n) is 2.15. The number of amides is 1. The number of hydrogen-bond donors (Lipinski definition) is 2. The van der Waals surface area contributed by atoms with Gasteiger partial charge in [-0.25, -0.2) is 0 Å². The first-order chi connectivity index (χ1) is 11.1. The largest absolute Gasteiger partial charge is 0.488 e. The van der Waals surface area contributed by atoms with Gasteiger partial charge in [-0.2, -0.15) is 5.10 Å². The summed E-state index contributed by atoms with van der Waals surface area (Å²) in [6, 6.07) is 17.1. The van der Waals surface area contributed by atoms with Crippen LogP contribution in [0.25, 0.3) is 11.3 Å². The Morgan fingerprint density at radius 2 is 1.96 bits per heavy atom. The van der Waals surface area contributed by atoms with E-state index in [4.69, 9.17) is 10.5 Å². The van der Waals surface area contributed by atoms with E-state index in [-0.39, 0.29) is 5.69 Å². The zero-order valence-electron chi connectivity index (χ0n) is 12.1. The number of carbonyl (C=O) groups excluding carboxylic acids is 1. The Morgan fingerprint density at radius 3 is 2.65 bits per heavy atom. The maximum absolute atomic E-state index is 11.2. The number of nitrogens with two attached hydrogens (primary N) is 1. The van der Waals surface area contributed by atoms with E-state index >= 15 is 0 Å². The molecule has 0 unspecified atom stereocenters. The van der Waals surface area contributed by atoms with Gasteiger partial charge in [0.15, 0.2) is 0 Å². The number of nitrogens with one attached hydrogen (secondary N) is 1. The van der Waals surface area contributed by atoms with Crippen molar-refractivity contribution < 1.29 is 9.53 Å². The number of rotatable bonds is 5. The minimum atomic E-state index is -0.549. The normalized spacial score (nSPS) is 10.5. The van der Waals surface area contributed by atoms with Crippen LogP contribution in [0.4, 0.5) is 0 Å². The summed E-state index contributed by atoms with van der Waals surface area (Å²) in [5.41, 5.74) is 7.97. The number of aromatic amines is 1. The molecule has 0 aliphatic carbocycles. The Hall–Kier alpha value is -2.60. The lowest BCUT2D eigenvalue weighted by Crippen LogP contribution is -2.10. The molecule has 1 aromatic heterocycles. The second kappa shape index (κ2) is 6.66. The van der Waals surface area contributed by atoms with Crippen molar-refractivity contribution in [3.8, 4) is 17.0 Å². The SMILES string of the molecule is NC(=O)c1cc(-c2ccc(Br)cc2OCc2ccccc2)n[nH]1. The maximum atomic E-state index is 11.2. The molecular formula is C17H14BrN3O2. The predicted molar refractivity (Wildman–Crippen MR) is 91.0 cm³/mol.